The first kappa shape index (κ1) is 16.9. The van der Waals surface area contributed by atoms with Crippen molar-refractivity contribution in [1.29, 1.82) is 0 Å². The Labute approximate surface area is 153 Å². The third kappa shape index (κ3) is 3.29. The van der Waals surface area contributed by atoms with Crippen molar-refractivity contribution in [1.82, 2.24) is 15.2 Å². The van der Waals surface area contributed by atoms with E-state index in [9.17, 15) is 0 Å². The molecule has 0 bridgehead atoms. The van der Waals surface area contributed by atoms with E-state index in [1.807, 2.05) is 12.1 Å². The second-order valence-electron chi connectivity index (χ2n) is 5.07. The van der Waals surface area contributed by atoms with Crippen molar-refractivity contribution in [3.05, 3.63) is 56.8 Å². The van der Waals surface area contributed by atoms with Crippen LogP contribution < -0.4 is 10.5 Å². The van der Waals surface area contributed by atoms with Crippen molar-refractivity contribution in [3.63, 3.8) is 0 Å². The molecule has 1 heterocycles. The van der Waals surface area contributed by atoms with Crippen molar-refractivity contribution in [2.45, 2.75) is 6.42 Å². The summed E-state index contributed by atoms with van der Waals surface area (Å²) in [5.74, 6) is 1.65. The van der Waals surface area contributed by atoms with Crippen molar-refractivity contribution in [3.8, 4) is 17.1 Å². The Morgan fingerprint density at radius 3 is 2.71 bits per heavy atom. The number of hydrogen-bond acceptors (Lipinski definition) is 4. The summed E-state index contributed by atoms with van der Waals surface area (Å²) in [6, 6.07) is 8.78. The van der Waals surface area contributed by atoms with Crippen molar-refractivity contribution < 1.29 is 4.74 Å². The van der Waals surface area contributed by atoms with Crippen LogP contribution in [0.5, 0.6) is 5.75 Å². The van der Waals surface area contributed by atoms with E-state index in [0.717, 1.165) is 5.56 Å². The molecule has 0 fully saturated rings. The summed E-state index contributed by atoms with van der Waals surface area (Å²) in [6.45, 7) is 0. The van der Waals surface area contributed by atoms with Gasteiger partial charge in [-0.15, -0.1) is 0 Å². The molecule has 24 heavy (non-hydrogen) atoms. The first-order chi connectivity index (χ1) is 11.5. The average molecular weight is 384 g/mol. The minimum atomic E-state index is 0.412. The molecule has 0 atom stereocenters. The highest BCUT2D eigenvalue weighted by Gasteiger charge is 2.15. The monoisotopic (exact) mass is 382 g/mol. The Balaban J connectivity index is 1.94. The van der Waals surface area contributed by atoms with Gasteiger partial charge in [-0.05, 0) is 17.7 Å². The smallest absolute Gasteiger partial charge is 0.184 e. The van der Waals surface area contributed by atoms with Gasteiger partial charge in [0.2, 0.25) is 0 Å². The fraction of sp³-hybridized carbons (Fsp3) is 0.125. The third-order valence-electron chi connectivity index (χ3n) is 3.48. The SMILES string of the molecule is COc1cc(N)c(Cl)cc1-c1n[nH]c(Cc2cccc(Cl)c2Cl)n1. The molecule has 0 aliphatic carbocycles. The van der Waals surface area contributed by atoms with Gasteiger partial charge in [0, 0.05) is 12.5 Å². The molecule has 0 saturated carbocycles. The first-order valence-corrected chi connectivity index (χ1v) is 8.10. The fourth-order valence-electron chi connectivity index (χ4n) is 2.27. The van der Waals surface area contributed by atoms with Crippen LogP contribution in [-0.2, 0) is 6.42 Å². The number of benzene rings is 2. The zero-order valence-corrected chi connectivity index (χ0v) is 14.9. The largest absolute Gasteiger partial charge is 0.496 e. The van der Waals surface area contributed by atoms with E-state index < -0.39 is 0 Å². The van der Waals surface area contributed by atoms with Crippen LogP contribution in [0.1, 0.15) is 11.4 Å². The molecular weight excluding hydrogens is 371 g/mol. The molecule has 0 spiro atoms. The van der Waals surface area contributed by atoms with Gasteiger partial charge in [-0.2, -0.15) is 5.10 Å². The lowest BCUT2D eigenvalue weighted by molar-refractivity contribution is 0.416. The number of methoxy groups -OCH3 is 1. The highest BCUT2D eigenvalue weighted by Crippen LogP contribution is 2.34. The van der Waals surface area contributed by atoms with E-state index in [2.05, 4.69) is 15.2 Å². The molecule has 3 aromatic rings. The summed E-state index contributed by atoms with van der Waals surface area (Å²) in [5, 5.41) is 8.53. The lowest BCUT2D eigenvalue weighted by Crippen LogP contribution is -1.94. The number of hydrogen-bond donors (Lipinski definition) is 2. The summed E-state index contributed by atoms with van der Waals surface area (Å²) in [7, 11) is 1.55. The Morgan fingerprint density at radius 1 is 1.17 bits per heavy atom. The van der Waals surface area contributed by atoms with E-state index in [1.54, 1.807) is 25.3 Å². The normalized spacial score (nSPS) is 10.8. The maximum absolute atomic E-state index is 6.21. The Bertz CT molecular complexity index is 895. The zero-order chi connectivity index (χ0) is 17.3. The molecule has 0 aliphatic rings. The summed E-state index contributed by atoms with van der Waals surface area (Å²) in [6.07, 6.45) is 0.470. The number of aromatic nitrogens is 3. The Morgan fingerprint density at radius 2 is 1.96 bits per heavy atom. The van der Waals surface area contributed by atoms with Gasteiger partial charge in [-0.3, -0.25) is 5.10 Å². The average Bonchev–Trinajstić information content (AvgIpc) is 3.02. The lowest BCUT2D eigenvalue weighted by atomic mass is 10.1. The summed E-state index contributed by atoms with van der Waals surface area (Å²) < 4.78 is 5.33. The van der Waals surface area contributed by atoms with Crippen LogP contribution in [0.25, 0.3) is 11.4 Å². The van der Waals surface area contributed by atoms with Gasteiger partial charge in [0.1, 0.15) is 11.6 Å². The summed E-state index contributed by atoms with van der Waals surface area (Å²) >= 11 is 18.3. The standard InChI is InChI=1S/C16H13Cl3N4O/c1-24-13-7-12(20)11(18)6-9(13)16-21-14(22-23-16)5-8-3-2-4-10(17)15(8)19/h2-4,6-7H,5,20H2,1H3,(H,21,22,23). The van der Waals surface area contributed by atoms with E-state index in [-0.39, 0.29) is 0 Å². The molecule has 0 aliphatic heterocycles. The van der Waals surface area contributed by atoms with Gasteiger partial charge in [0.05, 0.1) is 33.4 Å². The second-order valence-corrected chi connectivity index (χ2v) is 6.26. The highest BCUT2D eigenvalue weighted by molar-refractivity contribution is 6.42. The molecule has 0 unspecified atom stereocenters. The van der Waals surface area contributed by atoms with Crippen molar-refractivity contribution in [2.24, 2.45) is 0 Å². The number of nitrogen functional groups attached to an aromatic ring is 1. The fourth-order valence-corrected chi connectivity index (χ4v) is 2.82. The number of nitrogens with two attached hydrogens (primary N) is 1. The van der Waals surface area contributed by atoms with Gasteiger partial charge in [-0.25, -0.2) is 4.98 Å². The molecule has 0 saturated heterocycles. The Kier molecular flexibility index (Phi) is 4.85. The summed E-state index contributed by atoms with van der Waals surface area (Å²) in [5.41, 5.74) is 7.73. The molecular formula is C16H13Cl3N4O. The first-order valence-electron chi connectivity index (χ1n) is 6.97. The number of ether oxygens (including phenoxy) is 1. The molecule has 5 nitrogen and oxygen atoms in total. The van der Waals surface area contributed by atoms with Gasteiger partial charge in [-0.1, -0.05) is 46.9 Å². The van der Waals surface area contributed by atoms with Gasteiger partial charge >= 0.3 is 0 Å². The van der Waals surface area contributed by atoms with Crippen LogP contribution in [0.4, 0.5) is 5.69 Å². The minimum absolute atomic E-state index is 0.412. The van der Waals surface area contributed by atoms with Gasteiger partial charge < -0.3 is 10.5 Å². The number of aromatic amines is 1. The summed E-state index contributed by atoms with van der Waals surface area (Å²) in [4.78, 5) is 4.48. The molecule has 0 radical (unpaired) electrons. The number of nitrogens with zero attached hydrogens (tertiary/aromatic N) is 2. The third-order valence-corrected chi connectivity index (χ3v) is 4.67. The molecule has 8 heteroatoms. The number of rotatable bonds is 4. The predicted molar refractivity (Wildman–Crippen MR) is 97.1 cm³/mol. The molecule has 1 aromatic heterocycles. The van der Waals surface area contributed by atoms with Gasteiger partial charge in [0.25, 0.3) is 0 Å². The molecule has 3 N–H and O–H groups in total. The van der Waals surface area contributed by atoms with Crippen LogP contribution in [0, 0.1) is 0 Å². The lowest BCUT2D eigenvalue weighted by Gasteiger charge is -2.08. The minimum Gasteiger partial charge on any atom is -0.496 e. The van der Waals surface area contributed by atoms with Crippen molar-refractivity contribution in [2.75, 3.05) is 12.8 Å². The molecule has 0 amide bonds. The molecule has 3 rings (SSSR count). The Hall–Kier alpha value is -1.95. The number of H-pyrrole nitrogens is 1. The van der Waals surface area contributed by atoms with E-state index in [1.165, 1.54) is 0 Å². The zero-order valence-electron chi connectivity index (χ0n) is 12.6. The number of anilines is 1. The highest BCUT2D eigenvalue weighted by atomic mass is 35.5. The van der Waals surface area contributed by atoms with Crippen LogP contribution in [0.2, 0.25) is 15.1 Å². The topological polar surface area (TPSA) is 76.8 Å². The number of nitrogens with one attached hydrogen (secondary N) is 1. The predicted octanol–water partition coefficient (Wildman–Crippen LogP) is 4.61. The van der Waals surface area contributed by atoms with Crippen LogP contribution in [0.15, 0.2) is 30.3 Å². The molecule has 2 aromatic carbocycles. The van der Waals surface area contributed by atoms with Crippen LogP contribution >= 0.6 is 34.8 Å². The van der Waals surface area contributed by atoms with Crippen molar-refractivity contribution >= 4 is 40.5 Å². The van der Waals surface area contributed by atoms with E-state index in [4.69, 9.17) is 45.3 Å². The van der Waals surface area contributed by atoms with E-state index in [0.29, 0.717) is 50.1 Å². The molecule has 124 valence electrons. The maximum atomic E-state index is 6.21. The van der Waals surface area contributed by atoms with Crippen LogP contribution in [-0.4, -0.2) is 22.3 Å². The number of halogens is 3. The van der Waals surface area contributed by atoms with Gasteiger partial charge in [0.15, 0.2) is 5.82 Å². The maximum Gasteiger partial charge on any atom is 0.184 e. The quantitative estimate of drug-likeness (QED) is 0.645. The van der Waals surface area contributed by atoms with E-state index >= 15 is 0 Å². The van der Waals surface area contributed by atoms with Crippen LogP contribution in [0.3, 0.4) is 0 Å². The second kappa shape index (κ2) is 6.89.